The Morgan fingerprint density at radius 1 is 0.929 bits per heavy atom. The largest absolute Gasteiger partial charge is 0.203 e. The highest BCUT2D eigenvalue weighted by atomic mass is 35.5. The summed E-state index contributed by atoms with van der Waals surface area (Å²) in [5.41, 5.74) is 0. The normalized spacial score (nSPS) is 11.2. The molecule has 74 valence electrons. The SMILES string of the molecule is Fc1c(F)c(F)c2c(Cl)nsc2c1F. The van der Waals surface area contributed by atoms with Gasteiger partial charge in [-0.3, -0.25) is 0 Å². The van der Waals surface area contributed by atoms with Crippen LogP contribution in [-0.4, -0.2) is 4.37 Å². The molecule has 0 N–H and O–H groups in total. The molecule has 0 aliphatic heterocycles. The molecule has 0 saturated carbocycles. The van der Waals surface area contributed by atoms with E-state index in [1.54, 1.807) is 0 Å². The molecule has 0 fully saturated rings. The summed E-state index contributed by atoms with van der Waals surface area (Å²) in [6.07, 6.45) is 0. The molecule has 1 nitrogen and oxygen atoms in total. The van der Waals surface area contributed by atoms with E-state index in [2.05, 4.69) is 4.37 Å². The molecule has 0 spiro atoms. The van der Waals surface area contributed by atoms with E-state index in [4.69, 9.17) is 11.6 Å². The number of nitrogens with zero attached hydrogens (tertiary/aromatic N) is 1. The van der Waals surface area contributed by atoms with E-state index in [-0.39, 0.29) is 5.15 Å². The van der Waals surface area contributed by atoms with Crippen LogP contribution in [0.25, 0.3) is 10.1 Å². The van der Waals surface area contributed by atoms with Crippen molar-refractivity contribution in [2.45, 2.75) is 0 Å². The molecule has 0 amide bonds. The highest BCUT2D eigenvalue weighted by Crippen LogP contribution is 2.34. The Hall–Kier alpha value is -0.880. The van der Waals surface area contributed by atoms with Gasteiger partial charge in [0.25, 0.3) is 0 Å². The zero-order chi connectivity index (χ0) is 10.5. The molecule has 1 heterocycles. The Morgan fingerprint density at radius 2 is 1.50 bits per heavy atom. The molecule has 7 heteroatoms. The summed E-state index contributed by atoms with van der Waals surface area (Å²) in [6.45, 7) is 0. The Labute approximate surface area is 84.1 Å². The Kier molecular flexibility index (Phi) is 2.11. The van der Waals surface area contributed by atoms with Crippen molar-refractivity contribution in [2.24, 2.45) is 0 Å². The monoisotopic (exact) mass is 241 g/mol. The van der Waals surface area contributed by atoms with Gasteiger partial charge < -0.3 is 0 Å². The fourth-order valence-corrected chi connectivity index (χ4v) is 2.06. The average molecular weight is 242 g/mol. The maximum atomic E-state index is 13.0. The molecule has 1 aromatic carbocycles. The van der Waals surface area contributed by atoms with Crippen molar-refractivity contribution >= 4 is 33.2 Å². The van der Waals surface area contributed by atoms with Crippen LogP contribution in [0.4, 0.5) is 17.6 Å². The minimum absolute atomic E-state index is 0.375. The molecule has 0 atom stereocenters. The van der Waals surface area contributed by atoms with Gasteiger partial charge in [0.05, 0.1) is 10.1 Å². The van der Waals surface area contributed by atoms with Crippen molar-refractivity contribution in [2.75, 3.05) is 0 Å². The van der Waals surface area contributed by atoms with E-state index in [1.165, 1.54) is 0 Å². The molecule has 0 bridgehead atoms. The first-order valence-corrected chi connectivity index (χ1v) is 4.46. The maximum absolute atomic E-state index is 13.0. The maximum Gasteiger partial charge on any atom is 0.199 e. The summed E-state index contributed by atoms with van der Waals surface area (Å²) in [5.74, 6) is -6.71. The number of rotatable bonds is 0. The van der Waals surface area contributed by atoms with E-state index in [0.717, 1.165) is 0 Å². The van der Waals surface area contributed by atoms with Gasteiger partial charge >= 0.3 is 0 Å². The van der Waals surface area contributed by atoms with Crippen LogP contribution < -0.4 is 0 Å². The van der Waals surface area contributed by atoms with Crippen molar-refractivity contribution in [1.29, 1.82) is 0 Å². The van der Waals surface area contributed by atoms with Crippen molar-refractivity contribution in [3.8, 4) is 0 Å². The van der Waals surface area contributed by atoms with E-state index in [1.807, 2.05) is 0 Å². The highest BCUT2D eigenvalue weighted by Gasteiger charge is 2.24. The third-order valence-corrected chi connectivity index (χ3v) is 2.86. The van der Waals surface area contributed by atoms with Gasteiger partial charge in [0, 0.05) is 0 Å². The molecule has 1 aromatic heterocycles. The first kappa shape index (κ1) is 9.67. The van der Waals surface area contributed by atoms with Crippen LogP contribution in [0, 0.1) is 23.3 Å². The van der Waals surface area contributed by atoms with Gasteiger partial charge in [-0.25, -0.2) is 17.6 Å². The second-order valence-corrected chi connectivity index (χ2v) is 3.56. The van der Waals surface area contributed by atoms with Gasteiger partial charge in [-0.1, -0.05) is 11.6 Å². The summed E-state index contributed by atoms with van der Waals surface area (Å²) in [5, 5.41) is -0.895. The molecule has 0 radical (unpaired) electrons. The van der Waals surface area contributed by atoms with Crippen molar-refractivity contribution in [3.05, 3.63) is 28.4 Å². The second kappa shape index (κ2) is 3.06. The fraction of sp³-hybridized carbons (Fsp3) is 0. The van der Waals surface area contributed by atoms with Crippen molar-refractivity contribution in [3.63, 3.8) is 0 Å². The predicted molar refractivity (Wildman–Crippen MR) is 44.5 cm³/mol. The van der Waals surface area contributed by atoms with Crippen LogP contribution in [0.3, 0.4) is 0 Å². The molecule has 0 saturated heterocycles. The van der Waals surface area contributed by atoms with Gasteiger partial charge in [0.2, 0.25) is 0 Å². The summed E-state index contributed by atoms with van der Waals surface area (Å²) in [6, 6.07) is 0. The Balaban J connectivity index is 3.05. The average Bonchev–Trinajstić information content (AvgIpc) is 2.54. The van der Waals surface area contributed by atoms with Crippen LogP contribution in [0.2, 0.25) is 5.15 Å². The van der Waals surface area contributed by atoms with Gasteiger partial charge in [0.15, 0.2) is 28.4 Å². The van der Waals surface area contributed by atoms with Crippen molar-refractivity contribution < 1.29 is 17.6 Å². The summed E-state index contributed by atoms with van der Waals surface area (Å²) >= 11 is 5.85. The third-order valence-electron chi connectivity index (χ3n) is 1.65. The summed E-state index contributed by atoms with van der Waals surface area (Å²) in [4.78, 5) is 0. The zero-order valence-electron chi connectivity index (χ0n) is 6.25. The zero-order valence-corrected chi connectivity index (χ0v) is 7.82. The van der Waals surface area contributed by atoms with Gasteiger partial charge in [-0.15, -0.1) is 0 Å². The van der Waals surface area contributed by atoms with E-state index >= 15 is 0 Å². The van der Waals surface area contributed by atoms with Gasteiger partial charge in [-0.05, 0) is 11.5 Å². The number of halogens is 5. The first-order chi connectivity index (χ1) is 6.54. The predicted octanol–water partition coefficient (Wildman–Crippen LogP) is 3.51. The van der Waals surface area contributed by atoms with Crippen LogP contribution in [0.5, 0.6) is 0 Å². The fourth-order valence-electron chi connectivity index (χ4n) is 1.01. The highest BCUT2D eigenvalue weighted by molar-refractivity contribution is 7.13. The van der Waals surface area contributed by atoms with Crippen molar-refractivity contribution in [1.82, 2.24) is 4.37 Å². The van der Waals surface area contributed by atoms with Crippen LogP contribution in [0.1, 0.15) is 0 Å². The number of aromatic nitrogens is 1. The third kappa shape index (κ3) is 1.10. The van der Waals surface area contributed by atoms with Crippen LogP contribution in [0.15, 0.2) is 0 Å². The lowest BCUT2D eigenvalue weighted by Gasteiger charge is -1.98. The Bertz CT molecular complexity index is 524. The molecular formula is C7ClF4NS. The smallest absolute Gasteiger partial charge is 0.199 e. The molecule has 0 unspecified atom stereocenters. The van der Waals surface area contributed by atoms with Crippen LogP contribution >= 0.6 is 23.1 Å². The van der Waals surface area contributed by atoms with E-state index in [0.29, 0.717) is 11.5 Å². The quantitative estimate of drug-likeness (QED) is 0.391. The first-order valence-electron chi connectivity index (χ1n) is 3.31. The molecule has 2 rings (SSSR count). The number of benzene rings is 1. The number of hydrogen-bond donors (Lipinski definition) is 0. The number of hydrogen-bond acceptors (Lipinski definition) is 2. The summed E-state index contributed by atoms with van der Waals surface area (Å²) in [7, 11) is 0. The standard InChI is InChI=1S/C7ClF4NS/c8-7-1-2(9)3(10)4(11)5(12)6(1)14-13-7. The van der Waals surface area contributed by atoms with Gasteiger partial charge in [-0.2, -0.15) is 4.37 Å². The van der Waals surface area contributed by atoms with E-state index < -0.39 is 33.4 Å². The molecule has 0 aliphatic carbocycles. The van der Waals surface area contributed by atoms with Gasteiger partial charge in [0.1, 0.15) is 0 Å². The lowest BCUT2D eigenvalue weighted by Crippen LogP contribution is -1.95. The van der Waals surface area contributed by atoms with E-state index in [9.17, 15) is 17.6 Å². The van der Waals surface area contributed by atoms with Crippen LogP contribution in [-0.2, 0) is 0 Å². The minimum Gasteiger partial charge on any atom is -0.203 e. The second-order valence-electron chi connectivity index (χ2n) is 2.43. The summed E-state index contributed by atoms with van der Waals surface area (Å²) < 4.78 is 54.4. The lowest BCUT2D eigenvalue weighted by molar-refractivity contribution is 0.419. The molecular weight excluding hydrogens is 242 g/mol. The minimum atomic E-state index is -1.88. The lowest BCUT2D eigenvalue weighted by atomic mass is 10.2. The molecule has 0 aliphatic rings. The Morgan fingerprint density at radius 3 is 2.14 bits per heavy atom. The molecule has 14 heavy (non-hydrogen) atoms. The molecule has 2 aromatic rings. The topological polar surface area (TPSA) is 12.9 Å². The number of fused-ring (bicyclic) bond motifs is 1.